The number of amides is 2. The summed E-state index contributed by atoms with van der Waals surface area (Å²) in [4.78, 5) is 37.7. The number of nitrogens with one attached hydrogen (secondary N) is 1. The summed E-state index contributed by atoms with van der Waals surface area (Å²) in [6.07, 6.45) is 3.12. The zero-order valence-electron chi connectivity index (χ0n) is 16.9. The molecule has 4 heterocycles. The minimum Gasteiger partial charge on any atom is -0.490 e. The van der Waals surface area contributed by atoms with Crippen molar-refractivity contribution in [2.45, 2.75) is 6.04 Å². The van der Waals surface area contributed by atoms with Crippen LogP contribution in [0, 0.1) is 0 Å². The van der Waals surface area contributed by atoms with Crippen molar-refractivity contribution in [3.8, 4) is 17.1 Å². The fraction of sp³-hybridized carbons (Fsp3) is 0.350. The van der Waals surface area contributed by atoms with Gasteiger partial charge in [-0.05, 0) is 18.2 Å². The van der Waals surface area contributed by atoms with E-state index >= 15 is 0 Å². The van der Waals surface area contributed by atoms with Crippen LogP contribution < -0.4 is 10.1 Å². The molecule has 10 nitrogen and oxygen atoms in total. The van der Waals surface area contributed by atoms with Gasteiger partial charge in [0, 0.05) is 43.8 Å². The molecule has 11 heteroatoms. The quantitative estimate of drug-likeness (QED) is 0.637. The summed E-state index contributed by atoms with van der Waals surface area (Å²) in [5, 5.41) is 9.34. The molecule has 1 fully saturated rings. The summed E-state index contributed by atoms with van der Waals surface area (Å²) in [6, 6.07) is 5.48. The maximum Gasteiger partial charge on any atom is 0.282 e. The number of thiazole rings is 1. The Hall–Kier alpha value is -3.31. The zero-order valence-corrected chi connectivity index (χ0v) is 17.7. The van der Waals surface area contributed by atoms with Crippen LogP contribution in [0.3, 0.4) is 0 Å². The number of nitrogens with zero attached hydrogens (tertiary/aromatic N) is 6. The molecule has 0 spiro atoms. The summed E-state index contributed by atoms with van der Waals surface area (Å²) in [7, 11) is 1.82. The van der Waals surface area contributed by atoms with Crippen LogP contribution in [0.1, 0.15) is 9.80 Å². The van der Waals surface area contributed by atoms with E-state index in [1.165, 1.54) is 17.7 Å². The summed E-state index contributed by atoms with van der Waals surface area (Å²) in [5.74, 6) is 1.09. The van der Waals surface area contributed by atoms with Crippen molar-refractivity contribution in [3.05, 3.63) is 41.1 Å². The number of aromatic nitrogens is 4. The number of carbonyl (C=O) groups excluding carboxylic acids is 2. The van der Waals surface area contributed by atoms with Gasteiger partial charge >= 0.3 is 0 Å². The highest BCUT2D eigenvalue weighted by atomic mass is 32.1. The van der Waals surface area contributed by atoms with Gasteiger partial charge in [-0.2, -0.15) is 5.10 Å². The third-order valence-corrected chi connectivity index (χ3v) is 6.27. The minimum atomic E-state index is -0.119. The minimum absolute atomic E-state index is 0.0762. The third-order valence-electron chi connectivity index (χ3n) is 5.51. The molecule has 3 aromatic rings. The van der Waals surface area contributed by atoms with Gasteiger partial charge in [-0.1, -0.05) is 0 Å². The normalized spacial score (nSPS) is 19.3. The predicted molar refractivity (Wildman–Crippen MR) is 114 cm³/mol. The number of anilines is 1. The molecular weight excluding hydrogens is 418 g/mol. The number of carbonyl (C=O) groups is 2. The molecule has 2 aliphatic heterocycles. The summed E-state index contributed by atoms with van der Waals surface area (Å²) in [5.41, 5.74) is 1.43. The molecule has 2 aliphatic rings. The highest BCUT2D eigenvalue weighted by Gasteiger charge is 2.33. The van der Waals surface area contributed by atoms with Gasteiger partial charge in [0.15, 0.2) is 10.8 Å². The Kier molecular flexibility index (Phi) is 5.12. The standard InChI is InChI=1S/C20H21N7O3S/c1-25-18(22-12-23-25)13-2-3-16-15(8-13)24-17(28)10-26-5-6-27(9-14(26)11-30-16)20(29)19-21-4-7-31-19/h2-4,7-8,12,14H,5-6,9-11H2,1H3,(H,24,28)/t14-/m1/s1. The highest BCUT2D eigenvalue weighted by molar-refractivity contribution is 7.11. The van der Waals surface area contributed by atoms with Crippen LogP contribution in [-0.2, 0) is 11.8 Å². The molecular formula is C20H21N7O3S. The maximum absolute atomic E-state index is 12.7. The average molecular weight is 440 g/mol. The van der Waals surface area contributed by atoms with Gasteiger partial charge in [0.1, 0.15) is 18.7 Å². The Morgan fingerprint density at radius 2 is 2.19 bits per heavy atom. The molecule has 1 N–H and O–H groups in total. The van der Waals surface area contributed by atoms with E-state index in [1.807, 2.05) is 25.2 Å². The largest absolute Gasteiger partial charge is 0.490 e. The molecule has 5 rings (SSSR count). The molecule has 1 atom stereocenters. The molecule has 0 aliphatic carbocycles. The maximum atomic E-state index is 12.7. The van der Waals surface area contributed by atoms with E-state index in [0.717, 1.165) is 5.56 Å². The first kappa shape index (κ1) is 19.6. The number of fused-ring (bicyclic) bond motifs is 2. The van der Waals surface area contributed by atoms with Crippen molar-refractivity contribution in [2.24, 2.45) is 7.05 Å². The van der Waals surface area contributed by atoms with Crippen LogP contribution >= 0.6 is 11.3 Å². The Morgan fingerprint density at radius 3 is 2.97 bits per heavy atom. The lowest BCUT2D eigenvalue weighted by atomic mass is 10.1. The lowest BCUT2D eigenvalue weighted by molar-refractivity contribution is -0.118. The highest BCUT2D eigenvalue weighted by Crippen LogP contribution is 2.31. The lowest BCUT2D eigenvalue weighted by Gasteiger charge is -2.40. The van der Waals surface area contributed by atoms with Crippen LogP contribution in [0.15, 0.2) is 36.1 Å². The van der Waals surface area contributed by atoms with E-state index in [9.17, 15) is 9.59 Å². The Labute approximate surface area is 182 Å². The Balaban J connectivity index is 1.37. The second kappa shape index (κ2) is 8.08. The number of piperazine rings is 1. The third kappa shape index (κ3) is 3.89. The molecule has 31 heavy (non-hydrogen) atoms. The summed E-state index contributed by atoms with van der Waals surface area (Å²) in [6.45, 7) is 2.23. The molecule has 0 unspecified atom stereocenters. The van der Waals surface area contributed by atoms with Gasteiger partial charge in [0.2, 0.25) is 5.91 Å². The van der Waals surface area contributed by atoms with Crippen molar-refractivity contribution >= 4 is 28.8 Å². The van der Waals surface area contributed by atoms with Gasteiger partial charge in [0.05, 0.1) is 18.3 Å². The molecule has 2 amide bonds. The number of hydrogen-bond donors (Lipinski definition) is 1. The molecule has 1 aromatic carbocycles. The second-order valence-corrected chi connectivity index (χ2v) is 8.38. The number of rotatable bonds is 2. The first-order valence-corrected chi connectivity index (χ1v) is 10.8. The SMILES string of the molecule is Cn1ncnc1-c1ccc2c(c1)NC(=O)CN1CCN(C(=O)c3nccs3)C[C@@H]1CO2. The van der Waals surface area contributed by atoms with Crippen molar-refractivity contribution < 1.29 is 14.3 Å². The van der Waals surface area contributed by atoms with Gasteiger partial charge < -0.3 is 15.0 Å². The molecule has 0 bridgehead atoms. The first-order valence-electron chi connectivity index (χ1n) is 9.92. The van der Waals surface area contributed by atoms with Gasteiger partial charge in [-0.3, -0.25) is 14.5 Å². The molecule has 160 valence electrons. The second-order valence-electron chi connectivity index (χ2n) is 7.49. The molecule has 0 saturated carbocycles. The van der Waals surface area contributed by atoms with Crippen molar-refractivity contribution in [3.63, 3.8) is 0 Å². The van der Waals surface area contributed by atoms with E-state index in [0.29, 0.717) is 48.5 Å². The number of benzene rings is 1. The van der Waals surface area contributed by atoms with Gasteiger partial charge in [-0.15, -0.1) is 11.3 Å². The van der Waals surface area contributed by atoms with Crippen molar-refractivity contribution in [2.75, 3.05) is 38.1 Å². The first-order chi connectivity index (χ1) is 15.1. The number of aryl methyl sites for hydroxylation is 1. The van der Waals surface area contributed by atoms with Gasteiger partial charge in [0.25, 0.3) is 5.91 Å². The van der Waals surface area contributed by atoms with Crippen LogP contribution in [0.4, 0.5) is 5.69 Å². The van der Waals surface area contributed by atoms with Crippen molar-refractivity contribution in [1.29, 1.82) is 0 Å². The van der Waals surface area contributed by atoms with Crippen LogP contribution in [0.5, 0.6) is 5.75 Å². The zero-order chi connectivity index (χ0) is 21.4. The average Bonchev–Trinajstić information content (AvgIpc) is 3.45. The smallest absolute Gasteiger partial charge is 0.282 e. The molecule has 2 aromatic heterocycles. The number of ether oxygens (including phenoxy) is 1. The summed E-state index contributed by atoms with van der Waals surface area (Å²) >= 11 is 1.33. The Morgan fingerprint density at radius 1 is 1.29 bits per heavy atom. The van der Waals surface area contributed by atoms with E-state index < -0.39 is 0 Å². The van der Waals surface area contributed by atoms with E-state index in [2.05, 4.69) is 25.3 Å². The van der Waals surface area contributed by atoms with E-state index in [-0.39, 0.29) is 24.4 Å². The van der Waals surface area contributed by atoms with Crippen molar-refractivity contribution in [1.82, 2.24) is 29.5 Å². The monoisotopic (exact) mass is 439 g/mol. The molecule has 1 saturated heterocycles. The molecule has 0 radical (unpaired) electrons. The lowest BCUT2D eigenvalue weighted by Crippen LogP contribution is -2.57. The van der Waals surface area contributed by atoms with Crippen LogP contribution in [0.25, 0.3) is 11.4 Å². The van der Waals surface area contributed by atoms with Gasteiger partial charge in [-0.25, -0.2) is 14.6 Å². The topological polar surface area (TPSA) is 105 Å². The fourth-order valence-corrected chi connectivity index (χ4v) is 4.52. The van der Waals surface area contributed by atoms with Crippen LogP contribution in [-0.4, -0.2) is 80.2 Å². The fourth-order valence-electron chi connectivity index (χ4n) is 3.92. The number of hydrogen-bond acceptors (Lipinski definition) is 8. The predicted octanol–water partition coefficient (Wildman–Crippen LogP) is 1.10. The van der Waals surface area contributed by atoms with Crippen LogP contribution in [0.2, 0.25) is 0 Å². The summed E-state index contributed by atoms with van der Waals surface area (Å²) < 4.78 is 7.77. The van der Waals surface area contributed by atoms with E-state index in [1.54, 1.807) is 21.2 Å². The van der Waals surface area contributed by atoms with E-state index in [4.69, 9.17) is 4.74 Å². The Bertz CT molecular complexity index is 1110.